The van der Waals surface area contributed by atoms with Crippen LogP contribution in [-0.4, -0.2) is 18.9 Å². The highest BCUT2D eigenvalue weighted by Gasteiger charge is 2.20. The van der Waals surface area contributed by atoms with Crippen LogP contribution >= 0.6 is 0 Å². The number of nitrogens with zero attached hydrogens (tertiary/aromatic N) is 1. The van der Waals surface area contributed by atoms with Crippen LogP contribution in [0.25, 0.3) is 0 Å². The van der Waals surface area contributed by atoms with E-state index in [4.69, 9.17) is 0 Å². The fourth-order valence-electron chi connectivity index (χ4n) is 4.29. The molecule has 2 heterocycles. The van der Waals surface area contributed by atoms with Crippen molar-refractivity contribution in [1.29, 1.82) is 0 Å². The Balaban J connectivity index is 0.000000176. The number of hydrogen-bond donors (Lipinski definition) is 1. The van der Waals surface area contributed by atoms with E-state index in [1.807, 2.05) is 7.05 Å². The highest BCUT2D eigenvalue weighted by atomic mass is 16.2. The predicted octanol–water partition coefficient (Wildman–Crippen LogP) is 5.56. The van der Waals surface area contributed by atoms with Gasteiger partial charge in [-0.15, -0.1) is 0 Å². The molecule has 31 heavy (non-hydrogen) atoms. The van der Waals surface area contributed by atoms with E-state index >= 15 is 0 Å². The van der Waals surface area contributed by atoms with Gasteiger partial charge >= 0.3 is 0 Å². The van der Waals surface area contributed by atoms with E-state index in [0.29, 0.717) is 24.7 Å². The lowest BCUT2D eigenvalue weighted by Crippen LogP contribution is -2.31. The maximum absolute atomic E-state index is 11.6. The van der Waals surface area contributed by atoms with Crippen LogP contribution in [0.15, 0.2) is 36.4 Å². The first kappa shape index (κ1) is 23.1. The first-order chi connectivity index (χ1) is 14.7. The number of carbonyl (C=O) groups is 2. The molecule has 0 spiro atoms. The van der Waals surface area contributed by atoms with Crippen molar-refractivity contribution in [2.75, 3.05) is 17.3 Å². The number of hydrogen-bond acceptors (Lipinski definition) is 2. The van der Waals surface area contributed by atoms with Crippen molar-refractivity contribution < 1.29 is 9.59 Å². The van der Waals surface area contributed by atoms with Crippen molar-refractivity contribution in [2.45, 2.75) is 66.2 Å². The van der Waals surface area contributed by atoms with E-state index in [0.717, 1.165) is 37.1 Å². The molecule has 0 unspecified atom stereocenters. The molecule has 4 rings (SSSR count). The van der Waals surface area contributed by atoms with E-state index in [1.165, 1.54) is 22.3 Å². The average molecular weight is 421 g/mol. The lowest BCUT2D eigenvalue weighted by atomic mass is 9.96. The summed E-state index contributed by atoms with van der Waals surface area (Å²) in [5, 5.41) is 2.93. The summed E-state index contributed by atoms with van der Waals surface area (Å²) in [6.45, 7) is 8.85. The summed E-state index contributed by atoms with van der Waals surface area (Å²) < 4.78 is 0. The molecule has 2 aliphatic rings. The number of aryl methyl sites for hydroxylation is 2. The molecule has 166 valence electrons. The number of amides is 2. The summed E-state index contributed by atoms with van der Waals surface area (Å²) in [7, 11) is 1.87. The van der Waals surface area contributed by atoms with Crippen molar-refractivity contribution in [3.63, 3.8) is 0 Å². The third kappa shape index (κ3) is 6.19. The summed E-state index contributed by atoms with van der Waals surface area (Å²) in [5.41, 5.74) is 7.33. The molecule has 4 nitrogen and oxygen atoms in total. The second kappa shape index (κ2) is 10.1. The minimum atomic E-state index is 0.143. The number of nitrogens with one attached hydrogen (secondary N) is 1. The first-order valence-corrected chi connectivity index (χ1v) is 11.5. The highest BCUT2D eigenvalue weighted by Crippen LogP contribution is 2.28. The smallest absolute Gasteiger partial charge is 0.227 e. The Morgan fingerprint density at radius 3 is 2.03 bits per heavy atom. The molecule has 0 saturated carbocycles. The molecule has 0 bridgehead atoms. The maximum atomic E-state index is 11.6. The van der Waals surface area contributed by atoms with Crippen LogP contribution in [0.3, 0.4) is 0 Å². The first-order valence-electron chi connectivity index (χ1n) is 11.5. The van der Waals surface area contributed by atoms with Crippen molar-refractivity contribution >= 4 is 23.2 Å². The van der Waals surface area contributed by atoms with Gasteiger partial charge in [0.25, 0.3) is 0 Å². The van der Waals surface area contributed by atoms with Gasteiger partial charge in [-0.3, -0.25) is 9.59 Å². The SMILES string of the molecule is CC(C)Cc1ccc2c(c1)N(C)C(=O)CC2.CC(C)Cc1ccc2c(c1)NC(=O)CC2. The molecule has 2 amide bonds. The fraction of sp³-hybridized carbons (Fsp3) is 0.481. The van der Waals surface area contributed by atoms with Crippen molar-refractivity contribution in [3.05, 3.63) is 58.7 Å². The number of benzene rings is 2. The fourth-order valence-corrected chi connectivity index (χ4v) is 4.29. The zero-order chi connectivity index (χ0) is 22.5. The topological polar surface area (TPSA) is 49.4 Å². The Morgan fingerprint density at radius 2 is 1.39 bits per heavy atom. The Labute approximate surface area is 187 Å². The molecule has 1 N–H and O–H groups in total. The van der Waals surface area contributed by atoms with Gasteiger partial charge in [0.15, 0.2) is 0 Å². The summed E-state index contributed by atoms with van der Waals surface area (Å²) in [6.07, 6.45) is 5.19. The van der Waals surface area contributed by atoms with Crippen LogP contribution in [0.2, 0.25) is 0 Å². The van der Waals surface area contributed by atoms with E-state index < -0.39 is 0 Å². The second-order valence-corrected chi connectivity index (χ2v) is 9.65. The predicted molar refractivity (Wildman–Crippen MR) is 129 cm³/mol. The highest BCUT2D eigenvalue weighted by molar-refractivity contribution is 5.96. The summed E-state index contributed by atoms with van der Waals surface area (Å²) >= 11 is 0. The monoisotopic (exact) mass is 420 g/mol. The largest absolute Gasteiger partial charge is 0.326 e. The Kier molecular flexibility index (Phi) is 7.53. The minimum absolute atomic E-state index is 0.143. The van der Waals surface area contributed by atoms with Crippen LogP contribution in [0.5, 0.6) is 0 Å². The molecule has 2 aromatic carbocycles. The summed E-state index contributed by atoms with van der Waals surface area (Å²) in [4.78, 5) is 24.7. The van der Waals surface area contributed by atoms with Crippen LogP contribution < -0.4 is 10.2 Å². The molecule has 0 saturated heterocycles. The summed E-state index contributed by atoms with van der Waals surface area (Å²) in [5.74, 6) is 1.68. The molecule has 0 fully saturated rings. The van der Waals surface area contributed by atoms with Crippen molar-refractivity contribution in [3.8, 4) is 0 Å². The van der Waals surface area contributed by atoms with E-state index in [1.54, 1.807) is 4.90 Å². The molecule has 0 aliphatic carbocycles. The number of carbonyl (C=O) groups excluding carboxylic acids is 2. The van der Waals surface area contributed by atoms with E-state index in [-0.39, 0.29) is 11.8 Å². The number of rotatable bonds is 4. The van der Waals surface area contributed by atoms with Gasteiger partial charge in [0, 0.05) is 31.3 Å². The van der Waals surface area contributed by atoms with Gasteiger partial charge in [-0.25, -0.2) is 0 Å². The Morgan fingerprint density at radius 1 is 0.806 bits per heavy atom. The Bertz CT molecular complexity index is 946. The van der Waals surface area contributed by atoms with E-state index in [9.17, 15) is 9.59 Å². The van der Waals surface area contributed by atoms with Crippen molar-refractivity contribution in [2.24, 2.45) is 11.8 Å². The van der Waals surface area contributed by atoms with Gasteiger partial charge in [0.2, 0.25) is 11.8 Å². The normalized spacial score (nSPS) is 15.3. The van der Waals surface area contributed by atoms with Gasteiger partial charge in [-0.2, -0.15) is 0 Å². The van der Waals surface area contributed by atoms with Gasteiger partial charge in [-0.1, -0.05) is 52.0 Å². The van der Waals surface area contributed by atoms with E-state index in [2.05, 4.69) is 69.4 Å². The molecule has 2 aliphatic heterocycles. The number of fused-ring (bicyclic) bond motifs is 2. The molecular formula is C27H36N2O2. The average Bonchev–Trinajstić information content (AvgIpc) is 2.70. The van der Waals surface area contributed by atoms with Gasteiger partial charge in [0.1, 0.15) is 0 Å². The molecule has 2 aromatic rings. The quantitative estimate of drug-likeness (QED) is 0.703. The lowest BCUT2D eigenvalue weighted by molar-refractivity contribution is -0.118. The molecular weight excluding hydrogens is 384 g/mol. The molecule has 4 heteroatoms. The molecule has 0 atom stereocenters. The Hall–Kier alpha value is -2.62. The third-order valence-electron chi connectivity index (χ3n) is 5.85. The van der Waals surface area contributed by atoms with Crippen LogP contribution in [0.1, 0.15) is 62.8 Å². The van der Waals surface area contributed by atoms with Crippen LogP contribution in [-0.2, 0) is 35.3 Å². The lowest BCUT2D eigenvalue weighted by Gasteiger charge is -2.26. The standard InChI is InChI=1S/C14H19NO.C13H17NO/c1-10(2)8-11-4-5-12-6-7-14(16)15(3)13(12)9-11;1-9(2)7-10-3-4-11-5-6-13(15)14-12(11)8-10/h4-5,9-10H,6-8H2,1-3H3;3-4,8-9H,5-7H2,1-2H3,(H,14,15). The molecule has 0 radical (unpaired) electrons. The van der Waals surface area contributed by atoms with Gasteiger partial charge in [0.05, 0.1) is 0 Å². The van der Waals surface area contributed by atoms with Gasteiger partial charge in [-0.05, 0) is 71.9 Å². The zero-order valence-corrected chi connectivity index (χ0v) is 19.6. The third-order valence-corrected chi connectivity index (χ3v) is 5.85. The second-order valence-electron chi connectivity index (χ2n) is 9.65. The minimum Gasteiger partial charge on any atom is -0.326 e. The van der Waals surface area contributed by atoms with Crippen LogP contribution in [0.4, 0.5) is 11.4 Å². The maximum Gasteiger partial charge on any atom is 0.227 e. The number of anilines is 2. The van der Waals surface area contributed by atoms with Gasteiger partial charge < -0.3 is 10.2 Å². The summed E-state index contributed by atoms with van der Waals surface area (Å²) in [6, 6.07) is 13.0. The zero-order valence-electron chi connectivity index (χ0n) is 19.6. The molecule has 0 aromatic heterocycles. The van der Waals surface area contributed by atoms with Crippen LogP contribution in [0, 0.1) is 11.8 Å². The van der Waals surface area contributed by atoms with Crippen molar-refractivity contribution in [1.82, 2.24) is 0 Å².